The standard InChI is InChI=1S/C14H16N2S2/c1-9-4-3-5-12(14(15)17)13(9)16-8-11-7-6-10(2)18-11/h3-7,16H,8H2,1-2H3,(H2,15,17). The molecule has 0 fully saturated rings. The predicted octanol–water partition coefficient (Wildman–Crippen LogP) is 3.61. The summed E-state index contributed by atoms with van der Waals surface area (Å²) in [7, 11) is 0. The number of rotatable bonds is 4. The van der Waals surface area contributed by atoms with Crippen molar-refractivity contribution in [2.75, 3.05) is 5.32 Å². The van der Waals surface area contributed by atoms with Crippen LogP contribution in [0.3, 0.4) is 0 Å². The molecule has 2 rings (SSSR count). The third-order valence-electron chi connectivity index (χ3n) is 2.77. The van der Waals surface area contributed by atoms with E-state index in [0.29, 0.717) is 4.99 Å². The van der Waals surface area contributed by atoms with E-state index in [-0.39, 0.29) is 0 Å². The number of aryl methyl sites for hydroxylation is 2. The number of thiophene rings is 1. The zero-order valence-corrected chi connectivity index (χ0v) is 12.1. The van der Waals surface area contributed by atoms with Crippen LogP contribution in [0.5, 0.6) is 0 Å². The van der Waals surface area contributed by atoms with Crippen molar-refractivity contribution >= 4 is 34.2 Å². The van der Waals surface area contributed by atoms with Crippen molar-refractivity contribution in [1.29, 1.82) is 0 Å². The van der Waals surface area contributed by atoms with Crippen molar-refractivity contribution in [1.82, 2.24) is 0 Å². The van der Waals surface area contributed by atoms with Gasteiger partial charge in [0.15, 0.2) is 0 Å². The maximum Gasteiger partial charge on any atom is 0.106 e. The lowest BCUT2D eigenvalue weighted by atomic mass is 10.1. The largest absolute Gasteiger partial charge is 0.389 e. The Morgan fingerprint density at radius 3 is 2.67 bits per heavy atom. The molecule has 1 aromatic carbocycles. The molecular formula is C14H16N2S2. The van der Waals surface area contributed by atoms with Crippen LogP contribution in [0, 0.1) is 13.8 Å². The second-order valence-electron chi connectivity index (χ2n) is 4.23. The Bertz CT molecular complexity index is 573. The zero-order chi connectivity index (χ0) is 13.1. The van der Waals surface area contributed by atoms with Gasteiger partial charge in [-0.05, 0) is 37.6 Å². The summed E-state index contributed by atoms with van der Waals surface area (Å²) in [5, 5.41) is 3.44. The number of nitrogens with one attached hydrogen (secondary N) is 1. The van der Waals surface area contributed by atoms with E-state index >= 15 is 0 Å². The first-order valence-electron chi connectivity index (χ1n) is 5.76. The first-order chi connectivity index (χ1) is 8.58. The predicted molar refractivity (Wildman–Crippen MR) is 83.4 cm³/mol. The van der Waals surface area contributed by atoms with E-state index in [1.807, 2.05) is 12.1 Å². The number of benzene rings is 1. The SMILES string of the molecule is Cc1ccc(CNc2c(C)cccc2C(N)=S)s1. The molecule has 0 bridgehead atoms. The normalized spacial score (nSPS) is 10.3. The molecule has 0 aliphatic heterocycles. The fourth-order valence-electron chi connectivity index (χ4n) is 1.86. The number of nitrogens with two attached hydrogens (primary N) is 1. The lowest BCUT2D eigenvalue weighted by molar-refractivity contribution is 1.18. The molecule has 3 N–H and O–H groups in total. The monoisotopic (exact) mass is 276 g/mol. The zero-order valence-electron chi connectivity index (χ0n) is 10.5. The van der Waals surface area contributed by atoms with Gasteiger partial charge in [0.05, 0.1) is 0 Å². The fraction of sp³-hybridized carbons (Fsp3) is 0.214. The summed E-state index contributed by atoms with van der Waals surface area (Å²) in [5.74, 6) is 0. The highest BCUT2D eigenvalue weighted by molar-refractivity contribution is 7.80. The van der Waals surface area contributed by atoms with Gasteiger partial charge in [-0.3, -0.25) is 0 Å². The Kier molecular flexibility index (Phi) is 3.99. The lowest BCUT2D eigenvalue weighted by Gasteiger charge is -2.13. The maximum atomic E-state index is 5.75. The van der Waals surface area contributed by atoms with Crippen LogP contribution in [0.1, 0.15) is 20.9 Å². The van der Waals surface area contributed by atoms with Crippen LogP contribution in [-0.2, 0) is 6.54 Å². The van der Waals surface area contributed by atoms with E-state index in [2.05, 4.69) is 37.4 Å². The Balaban J connectivity index is 2.20. The first-order valence-corrected chi connectivity index (χ1v) is 6.99. The molecule has 0 saturated heterocycles. The molecular weight excluding hydrogens is 260 g/mol. The molecule has 18 heavy (non-hydrogen) atoms. The molecule has 0 aliphatic carbocycles. The van der Waals surface area contributed by atoms with Gasteiger partial charge in [-0.2, -0.15) is 0 Å². The molecule has 0 aliphatic rings. The fourth-order valence-corrected chi connectivity index (χ4v) is 2.86. The summed E-state index contributed by atoms with van der Waals surface area (Å²) in [6, 6.07) is 10.3. The smallest absolute Gasteiger partial charge is 0.106 e. The van der Waals surface area contributed by atoms with E-state index in [1.165, 1.54) is 9.75 Å². The first kappa shape index (κ1) is 13.1. The van der Waals surface area contributed by atoms with Crippen molar-refractivity contribution in [3.05, 3.63) is 51.2 Å². The molecule has 0 spiro atoms. The van der Waals surface area contributed by atoms with Crippen molar-refractivity contribution < 1.29 is 0 Å². The number of thiocarbonyl (C=S) groups is 1. The molecule has 0 atom stereocenters. The molecule has 0 unspecified atom stereocenters. The highest BCUT2D eigenvalue weighted by Crippen LogP contribution is 2.23. The Morgan fingerprint density at radius 1 is 1.28 bits per heavy atom. The Morgan fingerprint density at radius 2 is 2.06 bits per heavy atom. The molecule has 0 radical (unpaired) electrons. The van der Waals surface area contributed by atoms with Gasteiger partial charge >= 0.3 is 0 Å². The highest BCUT2D eigenvalue weighted by Gasteiger charge is 2.07. The van der Waals surface area contributed by atoms with Crippen LogP contribution in [0.4, 0.5) is 5.69 Å². The van der Waals surface area contributed by atoms with Gasteiger partial charge in [-0.1, -0.05) is 24.4 Å². The number of para-hydroxylation sites is 1. The van der Waals surface area contributed by atoms with E-state index in [9.17, 15) is 0 Å². The molecule has 2 nitrogen and oxygen atoms in total. The van der Waals surface area contributed by atoms with Gasteiger partial charge in [0.25, 0.3) is 0 Å². The number of hydrogen-bond acceptors (Lipinski definition) is 3. The molecule has 4 heteroatoms. The minimum atomic E-state index is 0.434. The molecule has 2 aromatic rings. The van der Waals surface area contributed by atoms with Gasteiger partial charge in [-0.25, -0.2) is 0 Å². The highest BCUT2D eigenvalue weighted by atomic mass is 32.1. The molecule has 94 valence electrons. The van der Waals surface area contributed by atoms with Crippen LogP contribution < -0.4 is 11.1 Å². The van der Waals surface area contributed by atoms with E-state index in [0.717, 1.165) is 23.4 Å². The molecule has 1 aromatic heterocycles. The number of anilines is 1. The quantitative estimate of drug-likeness (QED) is 0.838. The number of hydrogen-bond donors (Lipinski definition) is 2. The minimum absolute atomic E-state index is 0.434. The topological polar surface area (TPSA) is 38.0 Å². The van der Waals surface area contributed by atoms with Crippen molar-refractivity contribution in [3.8, 4) is 0 Å². The summed E-state index contributed by atoms with van der Waals surface area (Å²) in [6.07, 6.45) is 0. The van der Waals surface area contributed by atoms with Crippen molar-refractivity contribution in [2.24, 2.45) is 5.73 Å². The maximum absolute atomic E-state index is 5.75. The van der Waals surface area contributed by atoms with Crippen LogP contribution >= 0.6 is 23.6 Å². The minimum Gasteiger partial charge on any atom is -0.389 e. The summed E-state index contributed by atoms with van der Waals surface area (Å²) < 4.78 is 0. The summed E-state index contributed by atoms with van der Waals surface area (Å²) >= 11 is 6.89. The van der Waals surface area contributed by atoms with E-state index < -0.39 is 0 Å². The third kappa shape index (κ3) is 2.89. The third-order valence-corrected chi connectivity index (χ3v) is 3.99. The Hall–Kier alpha value is -1.39. The van der Waals surface area contributed by atoms with Crippen LogP contribution in [-0.4, -0.2) is 4.99 Å². The van der Waals surface area contributed by atoms with Crippen LogP contribution in [0.15, 0.2) is 30.3 Å². The lowest BCUT2D eigenvalue weighted by Crippen LogP contribution is -2.13. The molecule has 0 amide bonds. The van der Waals surface area contributed by atoms with Gasteiger partial charge < -0.3 is 11.1 Å². The second-order valence-corrected chi connectivity index (χ2v) is 6.04. The van der Waals surface area contributed by atoms with Crippen LogP contribution in [0.25, 0.3) is 0 Å². The van der Waals surface area contributed by atoms with Gasteiger partial charge in [0, 0.05) is 27.5 Å². The van der Waals surface area contributed by atoms with Gasteiger partial charge in [0.1, 0.15) is 4.99 Å². The summed E-state index contributed by atoms with van der Waals surface area (Å²) in [6.45, 7) is 4.98. The van der Waals surface area contributed by atoms with Gasteiger partial charge in [0.2, 0.25) is 0 Å². The molecule has 1 heterocycles. The van der Waals surface area contributed by atoms with Crippen LogP contribution in [0.2, 0.25) is 0 Å². The van der Waals surface area contributed by atoms with Crippen molar-refractivity contribution in [3.63, 3.8) is 0 Å². The van der Waals surface area contributed by atoms with E-state index in [1.54, 1.807) is 11.3 Å². The van der Waals surface area contributed by atoms with Gasteiger partial charge in [-0.15, -0.1) is 11.3 Å². The summed E-state index contributed by atoms with van der Waals surface area (Å²) in [4.78, 5) is 3.07. The summed E-state index contributed by atoms with van der Waals surface area (Å²) in [5.41, 5.74) is 8.86. The van der Waals surface area contributed by atoms with Crippen molar-refractivity contribution in [2.45, 2.75) is 20.4 Å². The van der Waals surface area contributed by atoms with E-state index in [4.69, 9.17) is 18.0 Å². The average Bonchev–Trinajstić information content (AvgIpc) is 2.73. The molecule has 0 saturated carbocycles. The second kappa shape index (κ2) is 5.50. The Labute approximate surface area is 117 Å². The average molecular weight is 276 g/mol.